The van der Waals surface area contributed by atoms with Crippen molar-refractivity contribution in [1.82, 2.24) is 0 Å². The van der Waals surface area contributed by atoms with Gasteiger partial charge in [-0.15, -0.1) is 0 Å². The molecule has 0 aliphatic heterocycles. The summed E-state index contributed by atoms with van der Waals surface area (Å²) in [5, 5.41) is 10.4. The molecule has 0 aliphatic rings. The van der Waals surface area contributed by atoms with Gasteiger partial charge < -0.3 is 14.6 Å². The smallest absolute Gasteiger partial charge is 0.316 e. The van der Waals surface area contributed by atoms with E-state index in [1.54, 1.807) is 12.1 Å². The zero-order valence-electron chi connectivity index (χ0n) is 7.73. The molecule has 15 heavy (non-hydrogen) atoms. The summed E-state index contributed by atoms with van der Waals surface area (Å²) in [6, 6.07) is 6.02. The van der Waals surface area contributed by atoms with Crippen molar-refractivity contribution >= 4 is 34.5 Å². The Morgan fingerprint density at radius 3 is 2.33 bits per heavy atom. The Morgan fingerprint density at radius 2 is 1.87 bits per heavy atom. The summed E-state index contributed by atoms with van der Waals surface area (Å²) in [7, 11) is 0. The fraction of sp³-hybridized carbons (Fsp3) is 0.200. The molecule has 0 spiro atoms. The summed E-state index contributed by atoms with van der Waals surface area (Å²) < 4.78 is 5.17. The number of halogens is 1. The number of hydrogen-bond acceptors (Lipinski definition) is 4. The highest BCUT2D eigenvalue weighted by atomic mass is 127. The maximum atomic E-state index is 10.8. The van der Waals surface area contributed by atoms with Gasteiger partial charge in [-0.05, 0) is 11.1 Å². The third kappa shape index (κ3) is 3.86. The van der Waals surface area contributed by atoms with E-state index >= 15 is 0 Å². The van der Waals surface area contributed by atoms with Gasteiger partial charge in [-0.1, -0.05) is 46.9 Å². The molecule has 1 aromatic rings. The molecule has 0 unspecified atom stereocenters. The summed E-state index contributed by atoms with van der Waals surface area (Å²) in [4.78, 5) is 21.3. The maximum absolute atomic E-state index is 10.8. The van der Waals surface area contributed by atoms with E-state index in [1.807, 2.05) is 22.6 Å². The van der Waals surface area contributed by atoms with Gasteiger partial charge in [0.15, 0.2) is 0 Å². The minimum atomic E-state index is -1.22. The fourth-order valence-electron chi connectivity index (χ4n) is 0.939. The first-order valence-electron chi connectivity index (χ1n) is 4.15. The number of benzene rings is 1. The second kappa shape index (κ2) is 5.69. The first-order valence-corrected chi connectivity index (χ1v) is 5.68. The van der Waals surface area contributed by atoms with Crippen molar-refractivity contribution in [2.75, 3.05) is 4.43 Å². The molecule has 0 aromatic heterocycles. The Labute approximate surface area is 100 Å². The van der Waals surface area contributed by atoms with Crippen LogP contribution in [0.4, 0.5) is 0 Å². The molecule has 0 saturated heterocycles. The van der Waals surface area contributed by atoms with E-state index < -0.39 is 5.97 Å². The number of carboxylic acids is 1. The average molecular weight is 319 g/mol. The third-order valence-corrected chi connectivity index (χ3v) is 2.32. The molecule has 0 bridgehead atoms. The lowest BCUT2D eigenvalue weighted by Gasteiger charge is -2.05. The average Bonchev–Trinajstić information content (AvgIpc) is 2.26. The van der Waals surface area contributed by atoms with Crippen LogP contribution in [-0.2, 0) is 16.1 Å². The van der Waals surface area contributed by atoms with E-state index in [4.69, 9.17) is 4.74 Å². The van der Waals surface area contributed by atoms with Crippen molar-refractivity contribution in [3.05, 3.63) is 35.4 Å². The van der Waals surface area contributed by atoms with E-state index in [2.05, 4.69) is 0 Å². The van der Waals surface area contributed by atoms with Gasteiger partial charge in [0, 0.05) is 0 Å². The second-order valence-electron chi connectivity index (χ2n) is 2.78. The van der Waals surface area contributed by atoms with Gasteiger partial charge in [0.05, 0.1) is 10.4 Å². The molecular weight excluding hydrogens is 311 g/mol. The monoisotopic (exact) mass is 319 g/mol. The highest BCUT2D eigenvalue weighted by Crippen LogP contribution is 2.05. The highest BCUT2D eigenvalue weighted by molar-refractivity contribution is 14.1. The number of aromatic carboxylic acids is 1. The number of ether oxygens (including phenoxy) is 1. The lowest BCUT2D eigenvalue weighted by atomic mass is 10.1. The predicted molar refractivity (Wildman–Crippen MR) is 59.5 cm³/mol. The largest absolute Gasteiger partial charge is 0.545 e. The molecule has 1 aromatic carbocycles. The lowest BCUT2D eigenvalue weighted by molar-refractivity contribution is -0.255. The first-order chi connectivity index (χ1) is 7.13. The van der Waals surface area contributed by atoms with Crippen LogP contribution >= 0.6 is 22.6 Å². The van der Waals surface area contributed by atoms with Crippen molar-refractivity contribution in [1.29, 1.82) is 0 Å². The molecule has 80 valence electrons. The molecule has 4 nitrogen and oxygen atoms in total. The molecule has 0 atom stereocenters. The molecule has 0 saturated carbocycles. The minimum absolute atomic E-state index is 0.110. The molecule has 0 amide bonds. The van der Waals surface area contributed by atoms with Crippen molar-refractivity contribution < 1.29 is 19.4 Å². The van der Waals surface area contributed by atoms with Gasteiger partial charge in [0.2, 0.25) is 0 Å². The number of rotatable bonds is 4. The van der Waals surface area contributed by atoms with Crippen LogP contribution in [0.3, 0.4) is 0 Å². The number of carboxylic acid groups (broad SMARTS) is 1. The molecule has 0 radical (unpaired) electrons. The van der Waals surface area contributed by atoms with Crippen molar-refractivity contribution in [2.45, 2.75) is 6.61 Å². The number of carbonyl (C=O) groups excluding carboxylic acids is 2. The maximum Gasteiger partial charge on any atom is 0.316 e. The van der Waals surface area contributed by atoms with Crippen LogP contribution in [0.1, 0.15) is 15.9 Å². The van der Waals surface area contributed by atoms with Crippen molar-refractivity contribution in [2.24, 2.45) is 0 Å². The predicted octanol–water partition coefficient (Wildman–Crippen LogP) is 0.528. The molecule has 0 fully saturated rings. The second-order valence-corrected chi connectivity index (χ2v) is 3.54. The number of carbonyl (C=O) groups is 2. The summed E-state index contributed by atoms with van der Waals surface area (Å²) in [6.45, 7) is 0.162. The van der Waals surface area contributed by atoms with Crippen LogP contribution in [-0.4, -0.2) is 16.4 Å². The molecule has 5 heteroatoms. The van der Waals surface area contributed by atoms with E-state index in [0.717, 1.165) is 5.56 Å². The normalized spacial score (nSPS) is 9.67. The summed E-state index contributed by atoms with van der Waals surface area (Å²) in [5.74, 6) is -1.51. The third-order valence-electron chi connectivity index (χ3n) is 1.70. The van der Waals surface area contributed by atoms with Crippen LogP contribution in [0.2, 0.25) is 0 Å². The zero-order valence-corrected chi connectivity index (χ0v) is 9.89. The minimum Gasteiger partial charge on any atom is -0.545 e. The first kappa shape index (κ1) is 12.0. The van der Waals surface area contributed by atoms with Crippen LogP contribution in [0, 0.1) is 0 Å². The quantitative estimate of drug-likeness (QED) is 0.461. The van der Waals surface area contributed by atoms with Crippen molar-refractivity contribution in [3.63, 3.8) is 0 Å². The van der Waals surface area contributed by atoms with E-state index in [1.165, 1.54) is 12.1 Å². The fourth-order valence-corrected chi connectivity index (χ4v) is 1.16. The Balaban J connectivity index is 2.57. The summed E-state index contributed by atoms with van der Waals surface area (Å²) in [6.07, 6.45) is 0. The Morgan fingerprint density at radius 1 is 1.27 bits per heavy atom. The summed E-state index contributed by atoms with van der Waals surface area (Å²) in [5.41, 5.74) is 0.858. The van der Waals surface area contributed by atoms with Gasteiger partial charge >= 0.3 is 5.97 Å². The lowest BCUT2D eigenvalue weighted by Crippen LogP contribution is -2.22. The van der Waals surface area contributed by atoms with Crippen LogP contribution in [0.15, 0.2) is 24.3 Å². The van der Waals surface area contributed by atoms with Crippen molar-refractivity contribution in [3.8, 4) is 0 Å². The molecule has 0 heterocycles. The topological polar surface area (TPSA) is 66.4 Å². The zero-order chi connectivity index (χ0) is 11.3. The van der Waals surface area contributed by atoms with Crippen LogP contribution in [0.5, 0.6) is 0 Å². The highest BCUT2D eigenvalue weighted by Gasteiger charge is 2.00. The van der Waals surface area contributed by atoms with Crippen LogP contribution < -0.4 is 5.11 Å². The van der Waals surface area contributed by atoms with E-state index in [9.17, 15) is 14.7 Å². The molecule has 0 aliphatic carbocycles. The number of esters is 1. The van der Waals surface area contributed by atoms with E-state index in [0.29, 0.717) is 4.43 Å². The molecule has 0 N–H and O–H groups in total. The van der Waals surface area contributed by atoms with Gasteiger partial charge in [-0.2, -0.15) is 0 Å². The number of alkyl halides is 1. The van der Waals surface area contributed by atoms with Crippen LogP contribution in [0.25, 0.3) is 0 Å². The standard InChI is InChI=1S/C10H9IO4/c11-5-9(12)15-6-7-1-3-8(4-2-7)10(13)14/h1-4H,5-6H2,(H,13,14)/p-1. The van der Waals surface area contributed by atoms with Gasteiger partial charge in [-0.3, -0.25) is 4.79 Å². The number of hydrogen-bond donors (Lipinski definition) is 0. The summed E-state index contributed by atoms with van der Waals surface area (Å²) >= 11 is 1.91. The van der Waals surface area contributed by atoms with Gasteiger partial charge in [0.25, 0.3) is 0 Å². The Kier molecular flexibility index (Phi) is 4.54. The molecule has 1 rings (SSSR count). The SMILES string of the molecule is O=C(CI)OCc1ccc(C(=O)[O-])cc1. The Bertz CT molecular complexity index is 358. The van der Waals surface area contributed by atoms with Gasteiger partial charge in [0.1, 0.15) is 6.61 Å². The van der Waals surface area contributed by atoms with Gasteiger partial charge in [-0.25, -0.2) is 0 Å². The molecular formula is C10H8IO4-. The Hall–Kier alpha value is -1.11. The van der Waals surface area contributed by atoms with E-state index in [-0.39, 0.29) is 18.1 Å².